The summed E-state index contributed by atoms with van der Waals surface area (Å²) in [5, 5.41) is 12.0. The second-order valence-electron chi connectivity index (χ2n) is 0.138. The molecule has 4 N–H and O–H groups in total. The molecule has 0 spiro atoms. The molecule has 0 aromatic heterocycles. The summed E-state index contributed by atoms with van der Waals surface area (Å²) in [6, 6.07) is 0. The van der Waals surface area contributed by atoms with Gasteiger partial charge in [-0.05, 0) is 0 Å². The molecule has 6 nitrogen and oxygen atoms in total. The summed E-state index contributed by atoms with van der Waals surface area (Å²) >= 11 is -0.333. The molecule has 0 aliphatic carbocycles. The summed E-state index contributed by atoms with van der Waals surface area (Å²) in [4.78, 5) is 0. The lowest BCUT2D eigenvalue weighted by molar-refractivity contribution is -1.27. The van der Waals surface area contributed by atoms with Crippen LogP contribution in [0.5, 0.6) is 0 Å². The maximum Gasteiger partial charge on any atom is 0.327 e. The van der Waals surface area contributed by atoms with Crippen molar-refractivity contribution in [3.05, 3.63) is 0 Å². The fourth-order valence-electron chi connectivity index (χ4n) is 0. The van der Waals surface area contributed by atoms with E-state index in [0.29, 0.717) is 0 Å². The van der Waals surface area contributed by atoms with Crippen LogP contribution in [0.4, 0.5) is 0 Å². The average molecular weight is 171 g/mol. The molecule has 0 saturated carbocycles. The normalized spacial score (nSPS) is 5.25. The van der Waals surface area contributed by atoms with Crippen LogP contribution in [0.15, 0.2) is 0 Å². The van der Waals surface area contributed by atoms with Crippen LogP contribution in [-0.2, 0) is 0 Å². The third-order valence-electron chi connectivity index (χ3n) is 0. The maximum atomic E-state index is 8.35. The molecule has 0 unspecified atom stereocenters. The second-order valence-corrected chi connectivity index (χ2v) is 0.414. The van der Waals surface area contributed by atoms with Crippen molar-refractivity contribution < 1.29 is 51.8 Å². The Kier molecular flexibility index (Phi) is 106. The highest BCUT2D eigenvalue weighted by Crippen LogP contribution is 1.14. The third kappa shape index (κ3) is 1560. The van der Waals surface area contributed by atoms with Gasteiger partial charge in [0, 0.05) is 0 Å². The molecule has 0 amide bonds. The highest BCUT2D eigenvalue weighted by atomic mass is 35.6. The molecular weight excluding hydrogens is 167 g/mol. The van der Waals surface area contributed by atoms with Crippen LogP contribution < -0.4 is 9.32 Å². The largest absolute Gasteiger partial charge is 0.506 e. The summed E-state index contributed by atoms with van der Waals surface area (Å²) in [6.45, 7) is 0. The van der Waals surface area contributed by atoms with Crippen LogP contribution in [-0.4, -0.2) is 19.8 Å². The molecule has 8 heteroatoms. The van der Waals surface area contributed by atoms with Crippen molar-refractivity contribution in [3.63, 3.8) is 0 Å². The first-order valence-electron chi connectivity index (χ1n) is 0.847. The Hall–Kier alpha value is 0.340. The van der Waals surface area contributed by atoms with Gasteiger partial charge in [0.1, 0.15) is 0 Å². The van der Waals surface area contributed by atoms with Crippen molar-refractivity contribution in [2.45, 2.75) is 0 Å². The maximum absolute atomic E-state index is 8.35. The molecule has 0 heterocycles. The van der Waals surface area contributed by atoms with Gasteiger partial charge in [-0.25, -0.2) is 0 Å². The van der Waals surface area contributed by atoms with Gasteiger partial charge in [0.05, 0.1) is 0 Å². The zero-order valence-corrected chi connectivity index (χ0v) is 4.87. The van der Waals surface area contributed by atoms with Crippen LogP contribution >= 0.6 is 0 Å². The van der Waals surface area contributed by atoms with Crippen molar-refractivity contribution in [1.29, 1.82) is 0 Å². The molecule has 0 rings (SSSR count). The van der Waals surface area contributed by atoms with E-state index in [2.05, 4.69) is 0 Å². The van der Waals surface area contributed by atoms with Crippen LogP contribution in [0, 0.1) is 22.7 Å². The van der Waals surface area contributed by atoms with Gasteiger partial charge in [0.25, 0.3) is 0 Å². The SMILES string of the molecule is OO.[O-][Cl+]O.[O-][Cl+]O. The number of hydrogen-bond donors (Lipinski definition) is 4. The summed E-state index contributed by atoms with van der Waals surface area (Å²) in [7, 11) is 0. The number of hydrogen-bond acceptors (Lipinski definition) is 6. The van der Waals surface area contributed by atoms with Crippen molar-refractivity contribution in [2.24, 2.45) is 0 Å². The van der Waals surface area contributed by atoms with Crippen LogP contribution in [0.2, 0.25) is 0 Å². The lowest BCUT2D eigenvalue weighted by Gasteiger charge is -1.46. The molecule has 0 saturated heterocycles. The van der Waals surface area contributed by atoms with E-state index in [-0.39, 0.29) is 22.7 Å². The molecule has 0 atom stereocenters. The van der Waals surface area contributed by atoms with Gasteiger partial charge in [-0.3, -0.25) is 10.5 Å². The quantitative estimate of drug-likeness (QED) is 0.221. The van der Waals surface area contributed by atoms with Gasteiger partial charge in [0.2, 0.25) is 0 Å². The number of rotatable bonds is 0. The van der Waals surface area contributed by atoms with Crippen LogP contribution in [0.25, 0.3) is 0 Å². The topological polar surface area (TPSA) is 127 Å². The molecule has 0 aromatic rings. The fraction of sp³-hybridized carbons (Fsp3) is 0. The lowest BCUT2D eigenvalue weighted by atomic mass is 15.0. The van der Waals surface area contributed by atoms with Crippen LogP contribution in [0.3, 0.4) is 0 Å². The van der Waals surface area contributed by atoms with Gasteiger partial charge < -0.3 is 9.32 Å². The van der Waals surface area contributed by atoms with Crippen molar-refractivity contribution >= 4 is 0 Å². The molecule has 0 radical (unpaired) electrons. The fourth-order valence-corrected chi connectivity index (χ4v) is 0. The van der Waals surface area contributed by atoms with Crippen molar-refractivity contribution in [3.8, 4) is 0 Å². The van der Waals surface area contributed by atoms with E-state index >= 15 is 0 Å². The zero-order chi connectivity index (χ0) is 7.41. The van der Waals surface area contributed by atoms with E-state index < -0.39 is 0 Å². The molecule has 54 valence electrons. The Morgan fingerprint density at radius 2 is 0.875 bits per heavy atom. The van der Waals surface area contributed by atoms with E-state index in [1.165, 1.54) is 0 Å². The van der Waals surface area contributed by atoms with E-state index in [1.807, 2.05) is 0 Å². The van der Waals surface area contributed by atoms with Crippen LogP contribution in [0.1, 0.15) is 0 Å². The molecule has 0 fully saturated rings. The molecule has 0 aromatic carbocycles. The first-order chi connectivity index (χ1) is 3.83. The third-order valence-corrected chi connectivity index (χ3v) is 0. The van der Waals surface area contributed by atoms with E-state index in [0.717, 1.165) is 0 Å². The first-order valence-corrected chi connectivity index (χ1v) is 2.14. The van der Waals surface area contributed by atoms with Gasteiger partial charge in [0.15, 0.2) is 0 Å². The zero-order valence-electron chi connectivity index (χ0n) is 3.36. The first kappa shape index (κ1) is 15.8. The molecule has 0 bridgehead atoms. The highest BCUT2D eigenvalue weighted by Gasteiger charge is 1.47. The van der Waals surface area contributed by atoms with E-state index in [4.69, 9.17) is 29.2 Å². The summed E-state index contributed by atoms with van der Waals surface area (Å²) in [6.07, 6.45) is 0. The predicted molar refractivity (Wildman–Crippen MR) is 9.70 cm³/mol. The Bertz CT molecular complexity index is 8.49. The molecule has 0 aliphatic rings. The summed E-state index contributed by atoms with van der Waals surface area (Å²) in [5.74, 6) is 0. The van der Waals surface area contributed by atoms with Gasteiger partial charge in [-0.2, -0.15) is 0 Å². The predicted octanol–water partition coefficient (Wildman–Crippen LogP) is -3.47. The van der Waals surface area contributed by atoms with Crippen molar-refractivity contribution in [2.75, 3.05) is 0 Å². The minimum Gasteiger partial charge on any atom is -0.506 e. The smallest absolute Gasteiger partial charge is 0.327 e. The van der Waals surface area contributed by atoms with E-state index in [1.54, 1.807) is 0 Å². The Morgan fingerprint density at radius 1 is 0.875 bits per heavy atom. The number of halogens is 2. The van der Waals surface area contributed by atoms with Gasteiger partial charge in [-0.1, -0.05) is 0 Å². The van der Waals surface area contributed by atoms with Gasteiger partial charge >= 0.3 is 22.7 Å². The Balaban J connectivity index is -0.0000000483. The second kappa shape index (κ2) is 53.9. The Morgan fingerprint density at radius 3 is 0.875 bits per heavy atom. The lowest BCUT2D eigenvalue weighted by Crippen LogP contribution is -1.94. The van der Waals surface area contributed by atoms with Crippen molar-refractivity contribution in [1.82, 2.24) is 0 Å². The Labute approximate surface area is 52.7 Å². The monoisotopic (exact) mass is 170 g/mol. The molecular formula is H4Cl2O6. The standard InChI is InChI=1S/2ClHO2.H2O2/c2*2-1-3;1-2/h2*2H;1-2H. The summed E-state index contributed by atoms with van der Waals surface area (Å²) < 4.78 is 30.4. The minimum absolute atomic E-state index is 0.167. The van der Waals surface area contributed by atoms with Gasteiger partial charge in [-0.15, -0.1) is 9.32 Å². The molecule has 8 heavy (non-hydrogen) atoms. The summed E-state index contributed by atoms with van der Waals surface area (Å²) in [5.41, 5.74) is 0. The highest BCUT2D eigenvalue weighted by molar-refractivity contribution is 1.82. The minimum atomic E-state index is -0.167. The average Bonchev–Trinajstić information content (AvgIpc) is 1.75. The van der Waals surface area contributed by atoms with E-state index in [9.17, 15) is 0 Å². The molecule has 0 aliphatic heterocycles.